The van der Waals surface area contributed by atoms with Gasteiger partial charge in [0.1, 0.15) is 0 Å². The Kier molecular flexibility index (Phi) is 5.69. The summed E-state index contributed by atoms with van der Waals surface area (Å²) in [4.78, 5) is 6.79. The lowest BCUT2D eigenvalue weighted by molar-refractivity contribution is 0.203. The topological polar surface area (TPSA) is 42.1 Å². The van der Waals surface area contributed by atoms with E-state index in [-0.39, 0.29) is 12.4 Å². The van der Waals surface area contributed by atoms with Gasteiger partial charge in [0, 0.05) is 36.3 Å². The van der Waals surface area contributed by atoms with Crippen LogP contribution < -0.4 is 5.73 Å². The number of halogens is 2. The van der Waals surface area contributed by atoms with E-state index in [1.807, 2.05) is 12.3 Å². The number of rotatable bonds is 2. The molecule has 2 heterocycles. The van der Waals surface area contributed by atoms with E-state index in [0.717, 1.165) is 42.6 Å². The summed E-state index contributed by atoms with van der Waals surface area (Å²) in [5, 5.41) is 0. The van der Waals surface area contributed by atoms with E-state index in [1.54, 1.807) is 0 Å². The number of hydrogen-bond acceptors (Lipinski definition) is 3. The first-order valence-corrected chi connectivity index (χ1v) is 6.12. The Morgan fingerprint density at radius 3 is 2.62 bits per heavy atom. The predicted molar refractivity (Wildman–Crippen MR) is 71.7 cm³/mol. The van der Waals surface area contributed by atoms with E-state index < -0.39 is 0 Å². The summed E-state index contributed by atoms with van der Waals surface area (Å²) in [6.45, 7) is 3.14. The van der Waals surface area contributed by atoms with Crippen LogP contribution in [0.15, 0.2) is 22.8 Å². The third-order valence-corrected chi connectivity index (χ3v) is 3.28. The first kappa shape index (κ1) is 13.9. The number of pyridine rings is 1. The maximum atomic E-state index is 5.86. The van der Waals surface area contributed by atoms with Gasteiger partial charge in [-0.2, -0.15) is 0 Å². The standard InChI is InChI=1S/C11H16BrN3.ClH/c12-9-1-2-11(14-7-9)8-15-5-3-10(13)4-6-15;/h1-2,7,10H,3-6,8,13H2;1H. The molecule has 1 saturated heterocycles. The highest BCUT2D eigenvalue weighted by atomic mass is 79.9. The zero-order valence-electron chi connectivity index (χ0n) is 9.10. The fourth-order valence-electron chi connectivity index (χ4n) is 1.84. The van der Waals surface area contributed by atoms with E-state index in [9.17, 15) is 0 Å². The predicted octanol–water partition coefficient (Wildman–Crippen LogP) is 2.19. The van der Waals surface area contributed by atoms with Crippen LogP contribution in [0.3, 0.4) is 0 Å². The van der Waals surface area contributed by atoms with Crippen LogP contribution in [0.1, 0.15) is 18.5 Å². The second kappa shape index (κ2) is 6.55. The molecule has 1 aliphatic rings. The van der Waals surface area contributed by atoms with Crippen LogP contribution in [0.5, 0.6) is 0 Å². The second-order valence-electron chi connectivity index (χ2n) is 4.08. The molecule has 90 valence electrons. The maximum Gasteiger partial charge on any atom is 0.0544 e. The van der Waals surface area contributed by atoms with E-state index in [2.05, 4.69) is 31.9 Å². The molecule has 0 saturated carbocycles. The second-order valence-corrected chi connectivity index (χ2v) is 5.00. The lowest BCUT2D eigenvalue weighted by atomic mass is 10.1. The molecule has 2 rings (SSSR count). The highest BCUT2D eigenvalue weighted by Gasteiger charge is 2.15. The molecule has 1 fully saturated rings. The summed E-state index contributed by atoms with van der Waals surface area (Å²) in [5.41, 5.74) is 6.99. The zero-order valence-corrected chi connectivity index (χ0v) is 11.5. The van der Waals surface area contributed by atoms with Crippen molar-refractivity contribution in [1.29, 1.82) is 0 Å². The SMILES string of the molecule is Cl.NC1CCN(Cc2ccc(Br)cn2)CC1. The molecule has 0 aromatic carbocycles. The normalized spacial score (nSPS) is 18.1. The van der Waals surface area contributed by atoms with Gasteiger partial charge in [-0.3, -0.25) is 9.88 Å². The number of piperidine rings is 1. The molecular formula is C11H17BrClN3. The average Bonchev–Trinajstić information content (AvgIpc) is 2.25. The number of hydrogen-bond donors (Lipinski definition) is 1. The number of likely N-dealkylation sites (tertiary alicyclic amines) is 1. The lowest BCUT2D eigenvalue weighted by Gasteiger charge is -2.29. The molecule has 0 bridgehead atoms. The zero-order chi connectivity index (χ0) is 10.7. The van der Waals surface area contributed by atoms with Crippen molar-refractivity contribution in [3.05, 3.63) is 28.5 Å². The fraction of sp³-hybridized carbons (Fsp3) is 0.545. The van der Waals surface area contributed by atoms with Crippen molar-refractivity contribution in [2.75, 3.05) is 13.1 Å². The van der Waals surface area contributed by atoms with Gasteiger partial charge in [-0.05, 0) is 40.9 Å². The summed E-state index contributed by atoms with van der Waals surface area (Å²) in [7, 11) is 0. The highest BCUT2D eigenvalue weighted by Crippen LogP contribution is 2.13. The van der Waals surface area contributed by atoms with Crippen molar-refractivity contribution in [1.82, 2.24) is 9.88 Å². The van der Waals surface area contributed by atoms with Gasteiger partial charge in [-0.1, -0.05) is 0 Å². The van der Waals surface area contributed by atoms with Crippen LogP contribution >= 0.6 is 28.3 Å². The smallest absolute Gasteiger partial charge is 0.0544 e. The van der Waals surface area contributed by atoms with Crippen molar-refractivity contribution in [3.63, 3.8) is 0 Å². The number of nitrogens with two attached hydrogens (primary N) is 1. The Hall–Kier alpha value is -0.160. The highest BCUT2D eigenvalue weighted by molar-refractivity contribution is 9.10. The van der Waals surface area contributed by atoms with Gasteiger partial charge >= 0.3 is 0 Å². The van der Waals surface area contributed by atoms with Gasteiger partial charge in [-0.15, -0.1) is 12.4 Å². The first-order chi connectivity index (χ1) is 7.24. The van der Waals surface area contributed by atoms with Crippen molar-refractivity contribution < 1.29 is 0 Å². The molecule has 1 aromatic rings. The Labute approximate surface area is 111 Å². The van der Waals surface area contributed by atoms with Gasteiger partial charge in [0.2, 0.25) is 0 Å². The van der Waals surface area contributed by atoms with Crippen molar-refractivity contribution in [3.8, 4) is 0 Å². The van der Waals surface area contributed by atoms with Gasteiger partial charge < -0.3 is 5.73 Å². The minimum Gasteiger partial charge on any atom is -0.328 e. The summed E-state index contributed by atoms with van der Waals surface area (Å²) in [6.07, 6.45) is 4.07. The molecule has 0 radical (unpaired) electrons. The van der Waals surface area contributed by atoms with Gasteiger partial charge in [0.15, 0.2) is 0 Å². The van der Waals surface area contributed by atoms with E-state index in [4.69, 9.17) is 5.73 Å². The maximum absolute atomic E-state index is 5.86. The largest absolute Gasteiger partial charge is 0.328 e. The third-order valence-electron chi connectivity index (χ3n) is 2.81. The molecule has 2 N–H and O–H groups in total. The molecule has 0 aliphatic carbocycles. The molecule has 1 aliphatic heterocycles. The minimum absolute atomic E-state index is 0. The molecule has 1 aromatic heterocycles. The van der Waals surface area contributed by atoms with Crippen LogP contribution in [-0.2, 0) is 6.54 Å². The van der Waals surface area contributed by atoms with Crippen molar-refractivity contribution >= 4 is 28.3 Å². The minimum atomic E-state index is 0. The van der Waals surface area contributed by atoms with Crippen molar-refractivity contribution in [2.24, 2.45) is 5.73 Å². The molecule has 0 spiro atoms. The lowest BCUT2D eigenvalue weighted by Crippen LogP contribution is -2.39. The monoisotopic (exact) mass is 305 g/mol. The fourth-order valence-corrected chi connectivity index (χ4v) is 2.07. The Morgan fingerprint density at radius 1 is 1.38 bits per heavy atom. The van der Waals surface area contributed by atoms with E-state index >= 15 is 0 Å². The Bertz CT molecular complexity index is 310. The quantitative estimate of drug-likeness (QED) is 0.911. The molecular weight excluding hydrogens is 289 g/mol. The molecule has 0 atom stereocenters. The molecule has 0 unspecified atom stereocenters. The summed E-state index contributed by atoms with van der Waals surface area (Å²) < 4.78 is 1.03. The third kappa shape index (κ3) is 4.01. The van der Waals surface area contributed by atoms with Crippen LogP contribution in [0.2, 0.25) is 0 Å². The summed E-state index contributed by atoms with van der Waals surface area (Å²) >= 11 is 3.39. The van der Waals surface area contributed by atoms with Gasteiger partial charge in [0.25, 0.3) is 0 Å². The summed E-state index contributed by atoms with van der Waals surface area (Å²) in [5.74, 6) is 0. The van der Waals surface area contributed by atoms with Crippen molar-refractivity contribution in [2.45, 2.75) is 25.4 Å². The number of nitrogens with zero attached hydrogens (tertiary/aromatic N) is 2. The molecule has 0 amide bonds. The average molecular weight is 307 g/mol. The molecule has 3 nitrogen and oxygen atoms in total. The van der Waals surface area contributed by atoms with Gasteiger partial charge in [-0.25, -0.2) is 0 Å². The van der Waals surface area contributed by atoms with E-state index in [1.165, 1.54) is 0 Å². The molecule has 16 heavy (non-hydrogen) atoms. The van der Waals surface area contributed by atoms with Crippen LogP contribution in [0, 0.1) is 0 Å². The van der Waals surface area contributed by atoms with Gasteiger partial charge in [0.05, 0.1) is 5.69 Å². The van der Waals surface area contributed by atoms with E-state index in [0.29, 0.717) is 6.04 Å². The van der Waals surface area contributed by atoms with Crippen LogP contribution in [0.4, 0.5) is 0 Å². The number of aromatic nitrogens is 1. The molecule has 5 heteroatoms. The van der Waals surface area contributed by atoms with Crippen LogP contribution in [-0.4, -0.2) is 29.0 Å². The Balaban J connectivity index is 0.00000128. The Morgan fingerprint density at radius 2 is 2.06 bits per heavy atom. The first-order valence-electron chi connectivity index (χ1n) is 5.32. The summed E-state index contributed by atoms with van der Waals surface area (Å²) in [6, 6.07) is 4.51. The van der Waals surface area contributed by atoms with Crippen LogP contribution in [0.25, 0.3) is 0 Å².